The minimum atomic E-state index is -0.362. The van der Waals surface area contributed by atoms with E-state index in [4.69, 9.17) is 4.74 Å². The number of amides is 3. The number of urea groups is 1. The molecule has 0 unspecified atom stereocenters. The molecule has 0 spiro atoms. The normalized spacial score (nSPS) is 18.7. The summed E-state index contributed by atoms with van der Waals surface area (Å²) in [5.41, 5.74) is 3.36. The second-order valence-corrected chi connectivity index (χ2v) is 10.9. The van der Waals surface area contributed by atoms with E-state index in [9.17, 15) is 9.59 Å². The van der Waals surface area contributed by atoms with Gasteiger partial charge in [0.05, 0.1) is 34.7 Å². The monoisotopic (exact) mass is 532 g/mol. The number of nitrogens with one attached hydrogen (secondary N) is 3. The Labute approximate surface area is 226 Å². The fraction of sp³-hybridized carbons (Fsp3) is 0.357. The van der Waals surface area contributed by atoms with Gasteiger partial charge in [-0.2, -0.15) is 0 Å². The summed E-state index contributed by atoms with van der Waals surface area (Å²) < 4.78 is 5.71. The number of rotatable bonds is 8. The number of carbonyl (C=O) groups is 2. The lowest BCUT2D eigenvalue weighted by Gasteiger charge is -2.33. The molecule has 9 nitrogen and oxygen atoms in total. The molecule has 2 atom stereocenters. The van der Waals surface area contributed by atoms with E-state index >= 15 is 0 Å². The Morgan fingerprint density at radius 2 is 1.97 bits per heavy atom. The summed E-state index contributed by atoms with van der Waals surface area (Å²) in [4.78, 5) is 38.6. The van der Waals surface area contributed by atoms with Gasteiger partial charge in [-0.25, -0.2) is 14.8 Å². The van der Waals surface area contributed by atoms with E-state index in [0.29, 0.717) is 32.6 Å². The van der Waals surface area contributed by atoms with Crippen LogP contribution < -0.4 is 25.6 Å². The molecule has 0 radical (unpaired) electrons. The fourth-order valence-electron chi connectivity index (χ4n) is 5.05. The molecule has 1 fully saturated rings. The second-order valence-electron chi connectivity index (χ2n) is 9.90. The molecule has 1 aliphatic heterocycles. The van der Waals surface area contributed by atoms with E-state index < -0.39 is 0 Å². The van der Waals surface area contributed by atoms with Crippen LogP contribution in [0.25, 0.3) is 10.2 Å². The van der Waals surface area contributed by atoms with Gasteiger partial charge >= 0.3 is 6.03 Å². The lowest BCUT2D eigenvalue weighted by molar-refractivity contribution is 0.0922. The lowest BCUT2D eigenvalue weighted by atomic mass is 9.90. The molecule has 10 heteroatoms. The minimum Gasteiger partial charge on any atom is -0.475 e. The predicted octanol–water partition coefficient (Wildman–Crippen LogP) is 5.80. The van der Waals surface area contributed by atoms with Gasteiger partial charge in [-0.3, -0.25) is 9.69 Å². The summed E-state index contributed by atoms with van der Waals surface area (Å²) in [6, 6.07) is 3.26. The van der Waals surface area contributed by atoms with Crippen molar-refractivity contribution >= 4 is 50.6 Å². The summed E-state index contributed by atoms with van der Waals surface area (Å²) in [6.45, 7) is 13.5. The maximum atomic E-state index is 13.5. The van der Waals surface area contributed by atoms with Gasteiger partial charge in [-0.15, -0.1) is 11.3 Å². The zero-order valence-corrected chi connectivity index (χ0v) is 22.7. The molecule has 5 rings (SSSR count). The maximum Gasteiger partial charge on any atom is 0.331 e. The number of allylic oxidation sites excluding steroid dienone is 1. The van der Waals surface area contributed by atoms with Crippen molar-refractivity contribution < 1.29 is 14.3 Å². The molecule has 2 aliphatic rings. The topological polar surface area (TPSA) is 108 Å². The van der Waals surface area contributed by atoms with Gasteiger partial charge < -0.3 is 20.7 Å². The number of anilines is 3. The Hall–Kier alpha value is -3.92. The number of thiophene rings is 1. The molecule has 0 aromatic carbocycles. The van der Waals surface area contributed by atoms with Gasteiger partial charge in [0.1, 0.15) is 9.71 Å². The average Bonchev–Trinajstić information content (AvgIpc) is 3.25. The number of aryl methyl sites for hydroxylation is 1. The van der Waals surface area contributed by atoms with Crippen LogP contribution in [-0.4, -0.2) is 40.1 Å². The number of hydrogen-bond donors (Lipinski definition) is 3. The van der Waals surface area contributed by atoms with Gasteiger partial charge in [-0.1, -0.05) is 26.0 Å². The SMILES string of the molecule is C=CC(=C)N[C@H]1CCCC[C@H]1NC(=O)c1sc2nccc3c2c1NC(=O)N3c1cnc(OC(C)C)cc1C. The van der Waals surface area contributed by atoms with Crippen molar-refractivity contribution in [1.29, 1.82) is 0 Å². The molecule has 3 aromatic rings. The third-order valence-corrected chi connectivity index (χ3v) is 7.90. The van der Waals surface area contributed by atoms with Crippen molar-refractivity contribution in [1.82, 2.24) is 20.6 Å². The number of hydrogen-bond acceptors (Lipinski definition) is 7. The quantitative estimate of drug-likeness (QED) is 0.317. The summed E-state index contributed by atoms with van der Waals surface area (Å²) in [5, 5.41) is 10.3. The molecule has 0 saturated heterocycles. The molecule has 198 valence electrons. The molecule has 38 heavy (non-hydrogen) atoms. The van der Waals surface area contributed by atoms with Gasteiger partial charge in [0, 0.05) is 30.0 Å². The predicted molar refractivity (Wildman–Crippen MR) is 151 cm³/mol. The zero-order valence-electron chi connectivity index (χ0n) is 21.8. The molecule has 3 amide bonds. The first-order valence-electron chi connectivity index (χ1n) is 12.8. The van der Waals surface area contributed by atoms with E-state index in [1.165, 1.54) is 11.3 Å². The van der Waals surface area contributed by atoms with Crippen LogP contribution >= 0.6 is 11.3 Å². The van der Waals surface area contributed by atoms with Crippen LogP contribution in [0.2, 0.25) is 0 Å². The molecular formula is C28H32N6O3S. The van der Waals surface area contributed by atoms with E-state index in [2.05, 4.69) is 39.1 Å². The van der Waals surface area contributed by atoms with Crippen LogP contribution in [0, 0.1) is 6.92 Å². The zero-order chi connectivity index (χ0) is 27.0. The molecular weight excluding hydrogens is 500 g/mol. The highest BCUT2D eigenvalue weighted by Crippen LogP contribution is 2.46. The fourth-order valence-corrected chi connectivity index (χ4v) is 6.08. The smallest absolute Gasteiger partial charge is 0.331 e. The van der Waals surface area contributed by atoms with Crippen molar-refractivity contribution in [3.05, 3.63) is 59.9 Å². The first-order chi connectivity index (χ1) is 18.3. The van der Waals surface area contributed by atoms with Gasteiger partial charge in [-0.05, 0) is 51.3 Å². The van der Waals surface area contributed by atoms with E-state index in [1.807, 2.05) is 26.8 Å². The van der Waals surface area contributed by atoms with Crippen molar-refractivity contribution in [3.8, 4) is 5.88 Å². The average molecular weight is 533 g/mol. The van der Waals surface area contributed by atoms with Gasteiger partial charge in [0.15, 0.2) is 0 Å². The molecule has 1 aliphatic carbocycles. The lowest BCUT2D eigenvalue weighted by Crippen LogP contribution is -2.51. The van der Waals surface area contributed by atoms with Crippen molar-refractivity contribution in [2.24, 2.45) is 0 Å². The van der Waals surface area contributed by atoms with Crippen molar-refractivity contribution in [2.45, 2.75) is 64.6 Å². The third kappa shape index (κ3) is 4.83. The van der Waals surface area contributed by atoms with Crippen LogP contribution in [-0.2, 0) is 0 Å². The Balaban J connectivity index is 1.47. The Kier molecular flexibility index (Phi) is 7.07. The van der Waals surface area contributed by atoms with Crippen LogP contribution in [0.5, 0.6) is 5.88 Å². The minimum absolute atomic E-state index is 0.00994. The van der Waals surface area contributed by atoms with Crippen molar-refractivity contribution in [3.63, 3.8) is 0 Å². The maximum absolute atomic E-state index is 13.5. The Bertz CT molecular complexity index is 1430. The molecule has 0 bridgehead atoms. The van der Waals surface area contributed by atoms with Crippen LogP contribution in [0.4, 0.5) is 21.9 Å². The Morgan fingerprint density at radius 3 is 2.66 bits per heavy atom. The van der Waals surface area contributed by atoms with Gasteiger partial charge in [0.25, 0.3) is 5.91 Å². The number of aromatic nitrogens is 2. The Morgan fingerprint density at radius 1 is 1.24 bits per heavy atom. The van der Waals surface area contributed by atoms with Crippen LogP contribution in [0.3, 0.4) is 0 Å². The van der Waals surface area contributed by atoms with Crippen LogP contribution in [0.1, 0.15) is 54.8 Å². The highest BCUT2D eigenvalue weighted by atomic mass is 32.1. The number of pyridine rings is 2. The molecule has 3 N–H and O–H groups in total. The number of carbonyl (C=O) groups excluding carboxylic acids is 2. The highest BCUT2D eigenvalue weighted by molar-refractivity contribution is 7.21. The van der Waals surface area contributed by atoms with E-state index in [-0.39, 0.29) is 30.1 Å². The second kappa shape index (κ2) is 10.4. The highest BCUT2D eigenvalue weighted by Gasteiger charge is 2.35. The summed E-state index contributed by atoms with van der Waals surface area (Å²) >= 11 is 1.28. The molecule has 3 aromatic heterocycles. The summed E-state index contributed by atoms with van der Waals surface area (Å²) in [6.07, 6.45) is 8.88. The van der Waals surface area contributed by atoms with Gasteiger partial charge in [0.2, 0.25) is 5.88 Å². The standard InChI is InChI=1S/C28H32N6O3S/c1-6-17(5)31-18-9-7-8-10-19(18)32-26(35)25-24-23-20(11-12-29-27(23)38-25)34(28(36)33-24)21-14-30-22(13-16(21)4)37-15(2)3/h6,11-15,18-19,31H,1,5,7-10H2,2-4H3,(H,32,35)(H,33,36)/t18-,19+/m0/s1. The summed E-state index contributed by atoms with van der Waals surface area (Å²) in [7, 11) is 0. The largest absolute Gasteiger partial charge is 0.475 e. The first kappa shape index (κ1) is 25.7. The van der Waals surface area contributed by atoms with Crippen molar-refractivity contribution in [2.75, 3.05) is 10.2 Å². The number of ether oxygens (including phenoxy) is 1. The third-order valence-electron chi connectivity index (χ3n) is 6.81. The summed E-state index contributed by atoms with van der Waals surface area (Å²) in [5.74, 6) is 0.277. The molecule has 1 saturated carbocycles. The van der Waals surface area contributed by atoms with Crippen LogP contribution in [0.15, 0.2) is 49.5 Å². The number of nitrogens with zero attached hydrogens (tertiary/aromatic N) is 3. The van der Waals surface area contributed by atoms with E-state index in [0.717, 1.165) is 42.3 Å². The first-order valence-corrected chi connectivity index (χ1v) is 13.6. The van der Waals surface area contributed by atoms with E-state index in [1.54, 1.807) is 29.4 Å². The molecule has 4 heterocycles.